The minimum Gasteiger partial charge on any atom is -0.412 e. The van der Waals surface area contributed by atoms with Crippen molar-refractivity contribution in [3.8, 4) is 11.5 Å². The van der Waals surface area contributed by atoms with Crippen LogP contribution in [0.2, 0.25) is 0 Å². The molecule has 3 aromatic rings. The van der Waals surface area contributed by atoms with Crippen molar-refractivity contribution in [3.05, 3.63) is 58.4 Å². The minimum atomic E-state index is -0.443. The molecule has 0 unspecified atom stereocenters. The predicted molar refractivity (Wildman–Crippen MR) is 79.9 cm³/mol. The first-order valence-corrected chi connectivity index (χ1v) is 7.45. The van der Waals surface area contributed by atoms with Gasteiger partial charge in [0.05, 0.1) is 6.04 Å². The van der Waals surface area contributed by atoms with Crippen LogP contribution in [0.25, 0.3) is 11.5 Å². The van der Waals surface area contributed by atoms with Gasteiger partial charge in [-0.2, -0.15) is 0 Å². The van der Waals surface area contributed by atoms with E-state index in [9.17, 15) is 9.18 Å². The van der Waals surface area contributed by atoms with Crippen LogP contribution in [-0.4, -0.2) is 16.1 Å². The maximum absolute atomic E-state index is 12.9. The fourth-order valence-electron chi connectivity index (χ4n) is 1.89. The van der Waals surface area contributed by atoms with E-state index in [1.165, 1.54) is 24.3 Å². The van der Waals surface area contributed by atoms with Crippen LogP contribution in [-0.2, 0) is 0 Å². The number of carbonyl (C=O) groups excluding carboxylic acids is 1. The van der Waals surface area contributed by atoms with Gasteiger partial charge in [-0.25, -0.2) is 4.39 Å². The Morgan fingerprint density at radius 3 is 2.73 bits per heavy atom. The van der Waals surface area contributed by atoms with Crippen molar-refractivity contribution >= 4 is 17.2 Å². The van der Waals surface area contributed by atoms with Crippen molar-refractivity contribution < 1.29 is 13.6 Å². The van der Waals surface area contributed by atoms with Crippen LogP contribution in [0.1, 0.15) is 28.5 Å². The molecule has 1 atom stereocenters. The fraction of sp³-hybridized carbons (Fsp3) is 0.133. The highest BCUT2D eigenvalue weighted by Gasteiger charge is 2.18. The van der Waals surface area contributed by atoms with Gasteiger partial charge in [0.15, 0.2) is 0 Å². The lowest BCUT2D eigenvalue weighted by atomic mass is 10.2. The molecule has 0 radical (unpaired) electrons. The lowest BCUT2D eigenvalue weighted by Crippen LogP contribution is -2.26. The molecule has 1 amide bonds. The van der Waals surface area contributed by atoms with Crippen molar-refractivity contribution in [1.29, 1.82) is 0 Å². The summed E-state index contributed by atoms with van der Waals surface area (Å²) >= 11 is 1.55. The molecule has 0 saturated carbocycles. The lowest BCUT2D eigenvalue weighted by molar-refractivity contribution is 0.0906. The molecule has 3 rings (SSSR count). The molecule has 7 heteroatoms. The first-order chi connectivity index (χ1) is 10.6. The Morgan fingerprint density at radius 2 is 2.05 bits per heavy atom. The Balaban J connectivity index is 1.73. The molecule has 2 aromatic heterocycles. The third-order valence-electron chi connectivity index (χ3n) is 3.03. The molecule has 1 aromatic carbocycles. The number of halogens is 1. The third kappa shape index (κ3) is 3.04. The highest BCUT2D eigenvalue weighted by atomic mass is 32.1. The Labute approximate surface area is 129 Å². The number of nitrogens with zero attached hydrogens (tertiary/aromatic N) is 2. The number of aromatic nitrogens is 2. The number of thiophene rings is 1. The van der Waals surface area contributed by atoms with Crippen LogP contribution in [0.15, 0.2) is 46.2 Å². The predicted octanol–water partition coefficient (Wildman–Crippen LogP) is 3.43. The van der Waals surface area contributed by atoms with Crippen molar-refractivity contribution in [2.75, 3.05) is 0 Å². The molecule has 5 nitrogen and oxygen atoms in total. The molecule has 0 aliphatic carbocycles. The molecule has 0 aliphatic heterocycles. The zero-order chi connectivity index (χ0) is 15.5. The number of benzene rings is 1. The fourth-order valence-corrected chi connectivity index (χ4v) is 2.63. The minimum absolute atomic E-state index is 0.122. The van der Waals surface area contributed by atoms with E-state index >= 15 is 0 Å². The van der Waals surface area contributed by atoms with E-state index in [0.717, 1.165) is 4.88 Å². The molecule has 112 valence electrons. The molecular weight excluding hydrogens is 305 g/mol. The largest absolute Gasteiger partial charge is 0.412 e. The molecule has 2 heterocycles. The van der Waals surface area contributed by atoms with Crippen LogP contribution in [0.5, 0.6) is 0 Å². The van der Waals surface area contributed by atoms with Crippen LogP contribution in [0, 0.1) is 5.82 Å². The third-order valence-corrected chi connectivity index (χ3v) is 4.08. The highest BCUT2D eigenvalue weighted by molar-refractivity contribution is 7.10. The normalized spacial score (nSPS) is 12.1. The molecular formula is C15H12FN3O2S. The molecule has 0 spiro atoms. The number of hydrogen-bond donors (Lipinski definition) is 1. The van der Waals surface area contributed by atoms with E-state index in [1.807, 2.05) is 24.4 Å². The van der Waals surface area contributed by atoms with E-state index in [1.54, 1.807) is 11.3 Å². The quantitative estimate of drug-likeness (QED) is 0.800. The van der Waals surface area contributed by atoms with Gasteiger partial charge in [0.1, 0.15) is 5.82 Å². The van der Waals surface area contributed by atoms with E-state index in [4.69, 9.17) is 4.42 Å². The van der Waals surface area contributed by atoms with Gasteiger partial charge in [-0.1, -0.05) is 6.07 Å². The first kappa shape index (κ1) is 14.4. The van der Waals surface area contributed by atoms with Gasteiger partial charge in [0.2, 0.25) is 5.89 Å². The van der Waals surface area contributed by atoms with E-state index in [-0.39, 0.29) is 23.6 Å². The monoisotopic (exact) mass is 317 g/mol. The van der Waals surface area contributed by atoms with E-state index in [2.05, 4.69) is 15.5 Å². The van der Waals surface area contributed by atoms with Gasteiger partial charge in [-0.15, -0.1) is 21.5 Å². The molecule has 0 bridgehead atoms. The average Bonchev–Trinajstić information content (AvgIpc) is 3.20. The van der Waals surface area contributed by atoms with Gasteiger partial charge in [0.25, 0.3) is 0 Å². The van der Waals surface area contributed by atoms with Crippen LogP contribution < -0.4 is 5.32 Å². The second-order valence-corrected chi connectivity index (χ2v) is 5.61. The van der Waals surface area contributed by atoms with Gasteiger partial charge in [-0.3, -0.25) is 4.79 Å². The topological polar surface area (TPSA) is 68.0 Å². The first-order valence-electron chi connectivity index (χ1n) is 6.57. The Hall–Kier alpha value is -2.54. The van der Waals surface area contributed by atoms with Crippen molar-refractivity contribution in [2.24, 2.45) is 0 Å². The van der Waals surface area contributed by atoms with Crippen LogP contribution >= 0.6 is 11.3 Å². The van der Waals surface area contributed by atoms with Crippen molar-refractivity contribution in [3.63, 3.8) is 0 Å². The summed E-state index contributed by atoms with van der Waals surface area (Å²) in [7, 11) is 0. The maximum atomic E-state index is 12.9. The molecule has 1 N–H and O–H groups in total. The SMILES string of the molecule is C[C@@H](NC(=O)c1nnc(-c2ccc(F)cc2)o1)c1cccs1. The number of hydrogen-bond acceptors (Lipinski definition) is 5. The lowest BCUT2D eigenvalue weighted by Gasteiger charge is -2.09. The second-order valence-electron chi connectivity index (χ2n) is 4.63. The molecule has 0 fully saturated rings. The highest BCUT2D eigenvalue weighted by Crippen LogP contribution is 2.20. The smallest absolute Gasteiger partial charge is 0.309 e. The Bertz CT molecular complexity index is 768. The second kappa shape index (κ2) is 6.07. The van der Waals surface area contributed by atoms with Gasteiger partial charge in [0, 0.05) is 10.4 Å². The number of rotatable bonds is 4. The molecule has 0 saturated heterocycles. The van der Waals surface area contributed by atoms with E-state index < -0.39 is 5.91 Å². The summed E-state index contributed by atoms with van der Waals surface area (Å²) in [5.41, 5.74) is 0.555. The Morgan fingerprint density at radius 1 is 1.27 bits per heavy atom. The number of amides is 1. The van der Waals surface area contributed by atoms with Crippen molar-refractivity contribution in [2.45, 2.75) is 13.0 Å². The Kier molecular flexibility index (Phi) is 3.97. The summed E-state index contributed by atoms with van der Waals surface area (Å²) in [6.07, 6.45) is 0. The summed E-state index contributed by atoms with van der Waals surface area (Å²) in [5, 5.41) is 12.3. The zero-order valence-corrected chi connectivity index (χ0v) is 12.4. The maximum Gasteiger partial charge on any atom is 0.309 e. The van der Waals surface area contributed by atoms with Crippen LogP contribution in [0.3, 0.4) is 0 Å². The molecule has 0 aliphatic rings. The standard InChI is InChI=1S/C15H12FN3O2S/c1-9(12-3-2-8-22-12)17-13(20)15-19-18-14(21-15)10-4-6-11(16)7-5-10/h2-9H,1H3,(H,17,20)/t9-/m1/s1. The molecule has 22 heavy (non-hydrogen) atoms. The van der Waals surface area contributed by atoms with Gasteiger partial charge >= 0.3 is 11.8 Å². The number of nitrogens with one attached hydrogen (secondary N) is 1. The summed E-state index contributed by atoms with van der Waals surface area (Å²) in [4.78, 5) is 13.1. The number of carbonyl (C=O) groups is 1. The van der Waals surface area contributed by atoms with Crippen LogP contribution in [0.4, 0.5) is 4.39 Å². The van der Waals surface area contributed by atoms with E-state index in [0.29, 0.717) is 5.56 Å². The summed E-state index contributed by atoms with van der Waals surface area (Å²) in [5.74, 6) is -0.746. The summed E-state index contributed by atoms with van der Waals surface area (Å²) in [6.45, 7) is 1.88. The van der Waals surface area contributed by atoms with Gasteiger partial charge in [-0.05, 0) is 42.6 Å². The zero-order valence-electron chi connectivity index (χ0n) is 11.6. The summed E-state index contributed by atoms with van der Waals surface area (Å²) in [6, 6.07) is 9.32. The average molecular weight is 317 g/mol. The van der Waals surface area contributed by atoms with Crippen molar-refractivity contribution in [1.82, 2.24) is 15.5 Å². The summed E-state index contributed by atoms with van der Waals surface area (Å²) < 4.78 is 18.2. The van der Waals surface area contributed by atoms with Gasteiger partial charge < -0.3 is 9.73 Å².